The van der Waals surface area contributed by atoms with Crippen molar-refractivity contribution in [3.63, 3.8) is 0 Å². The van der Waals surface area contributed by atoms with E-state index in [1.165, 1.54) is 5.56 Å². The Kier molecular flexibility index (Phi) is 3.30. The summed E-state index contributed by atoms with van der Waals surface area (Å²) in [7, 11) is 0. The lowest BCUT2D eigenvalue weighted by atomic mass is 10.1. The molecule has 0 spiro atoms. The van der Waals surface area contributed by atoms with Crippen LogP contribution in [0.5, 0.6) is 0 Å². The van der Waals surface area contributed by atoms with Gasteiger partial charge in [-0.05, 0) is 49.9 Å². The Labute approximate surface area is 119 Å². The third-order valence-corrected chi connectivity index (χ3v) is 4.26. The van der Waals surface area contributed by atoms with Gasteiger partial charge < -0.3 is 9.84 Å². The molecule has 1 saturated heterocycles. The van der Waals surface area contributed by atoms with Crippen LogP contribution in [-0.2, 0) is 17.8 Å². The van der Waals surface area contributed by atoms with Crippen molar-refractivity contribution in [1.29, 1.82) is 0 Å². The third kappa shape index (κ3) is 2.72. The normalized spacial score (nSPS) is 24.8. The average molecular weight is 275 g/mol. The van der Waals surface area contributed by atoms with Gasteiger partial charge in [0, 0.05) is 19.6 Å². The van der Waals surface area contributed by atoms with Crippen LogP contribution >= 0.6 is 0 Å². The molecule has 0 amide bonds. The van der Waals surface area contributed by atoms with E-state index in [2.05, 4.69) is 18.7 Å². The fourth-order valence-corrected chi connectivity index (χ4v) is 3.22. The molecule has 1 unspecified atom stereocenters. The highest BCUT2D eigenvalue weighted by molar-refractivity contribution is 5.87. The smallest absolute Gasteiger partial charge is 0.335 e. The molecule has 3 rings (SSSR count). The Morgan fingerprint density at radius 3 is 2.80 bits per heavy atom. The maximum atomic E-state index is 11.0. The first-order chi connectivity index (χ1) is 9.43. The molecule has 108 valence electrons. The molecule has 1 aromatic rings. The summed E-state index contributed by atoms with van der Waals surface area (Å²) in [6.45, 7) is 6.95. The molecule has 0 aliphatic carbocycles. The highest BCUT2D eigenvalue weighted by atomic mass is 16.5. The van der Waals surface area contributed by atoms with Gasteiger partial charge in [-0.1, -0.05) is 6.07 Å². The van der Waals surface area contributed by atoms with Gasteiger partial charge in [-0.25, -0.2) is 4.79 Å². The van der Waals surface area contributed by atoms with Gasteiger partial charge in [-0.15, -0.1) is 0 Å². The monoisotopic (exact) mass is 275 g/mol. The summed E-state index contributed by atoms with van der Waals surface area (Å²) in [6.07, 6.45) is 2.53. The lowest BCUT2D eigenvalue weighted by molar-refractivity contribution is -0.0292. The van der Waals surface area contributed by atoms with E-state index in [9.17, 15) is 4.79 Å². The van der Waals surface area contributed by atoms with Crippen LogP contribution in [0.2, 0.25) is 0 Å². The summed E-state index contributed by atoms with van der Waals surface area (Å²) >= 11 is 0. The molecule has 0 saturated carbocycles. The van der Waals surface area contributed by atoms with Gasteiger partial charge in [0.05, 0.1) is 17.3 Å². The molecule has 1 fully saturated rings. The van der Waals surface area contributed by atoms with Gasteiger partial charge in [0.2, 0.25) is 0 Å². The summed E-state index contributed by atoms with van der Waals surface area (Å²) in [5.41, 5.74) is 2.77. The number of carboxylic acids is 1. The first-order valence-corrected chi connectivity index (χ1v) is 7.18. The average Bonchev–Trinajstić information content (AvgIpc) is 2.91. The fraction of sp³-hybridized carbons (Fsp3) is 0.562. The summed E-state index contributed by atoms with van der Waals surface area (Å²) < 4.78 is 6.04. The van der Waals surface area contributed by atoms with E-state index in [1.54, 1.807) is 12.1 Å². The highest BCUT2D eigenvalue weighted by Crippen LogP contribution is 2.31. The van der Waals surface area contributed by atoms with Gasteiger partial charge in [0.1, 0.15) is 0 Å². The number of rotatable bonds is 3. The van der Waals surface area contributed by atoms with Crippen molar-refractivity contribution < 1.29 is 14.6 Å². The molecule has 1 aromatic carbocycles. The molecule has 2 aliphatic heterocycles. The molecular weight excluding hydrogens is 254 g/mol. The molecule has 2 heterocycles. The lowest BCUT2D eigenvalue weighted by Crippen LogP contribution is -2.30. The molecule has 20 heavy (non-hydrogen) atoms. The predicted octanol–water partition coefficient (Wildman–Crippen LogP) is 2.66. The van der Waals surface area contributed by atoms with Crippen LogP contribution < -0.4 is 0 Å². The number of ether oxygens (including phenoxy) is 1. The number of nitrogens with zero attached hydrogens (tertiary/aromatic N) is 1. The minimum Gasteiger partial charge on any atom is -0.478 e. The van der Waals surface area contributed by atoms with Crippen LogP contribution in [0.15, 0.2) is 18.2 Å². The molecular formula is C16H21NO3. The van der Waals surface area contributed by atoms with Crippen molar-refractivity contribution >= 4 is 5.97 Å². The van der Waals surface area contributed by atoms with E-state index in [0.717, 1.165) is 38.0 Å². The van der Waals surface area contributed by atoms with Crippen LogP contribution in [0.3, 0.4) is 0 Å². The van der Waals surface area contributed by atoms with E-state index in [1.807, 2.05) is 6.07 Å². The Morgan fingerprint density at radius 1 is 1.40 bits per heavy atom. The molecule has 0 bridgehead atoms. The first kappa shape index (κ1) is 13.6. The standard InChI is InChI=1S/C16H21NO3/c1-16(2)6-5-14(20-16)10-17-8-12-4-3-11(15(18)19)7-13(12)9-17/h3-4,7,14H,5-6,8-10H2,1-2H3,(H,18,19). The van der Waals surface area contributed by atoms with Crippen LogP contribution in [0.1, 0.15) is 48.2 Å². The lowest BCUT2D eigenvalue weighted by Gasteiger charge is -2.23. The largest absolute Gasteiger partial charge is 0.478 e. The van der Waals surface area contributed by atoms with Crippen LogP contribution in [-0.4, -0.2) is 34.2 Å². The maximum absolute atomic E-state index is 11.0. The van der Waals surface area contributed by atoms with Gasteiger partial charge in [-0.3, -0.25) is 4.90 Å². The topological polar surface area (TPSA) is 49.8 Å². The Hall–Kier alpha value is -1.39. The number of carboxylic acid groups (broad SMARTS) is 1. The number of hydrogen-bond donors (Lipinski definition) is 1. The molecule has 2 aliphatic rings. The van der Waals surface area contributed by atoms with E-state index >= 15 is 0 Å². The summed E-state index contributed by atoms with van der Waals surface area (Å²) in [5.74, 6) is -0.855. The summed E-state index contributed by atoms with van der Waals surface area (Å²) in [4.78, 5) is 13.3. The second-order valence-corrected chi connectivity index (χ2v) is 6.50. The predicted molar refractivity (Wildman–Crippen MR) is 75.7 cm³/mol. The fourth-order valence-electron chi connectivity index (χ4n) is 3.22. The van der Waals surface area contributed by atoms with Crippen LogP contribution in [0.25, 0.3) is 0 Å². The summed E-state index contributed by atoms with van der Waals surface area (Å²) in [5, 5.41) is 9.04. The van der Waals surface area contributed by atoms with E-state index in [4.69, 9.17) is 9.84 Å². The number of carbonyl (C=O) groups is 1. The van der Waals surface area contributed by atoms with Crippen LogP contribution in [0, 0.1) is 0 Å². The zero-order chi connectivity index (χ0) is 14.3. The van der Waals surface area contributed by atoms with Crippen molar-refractivity contribution in [2.24, 2.45) is 0 Å². The van der Waals surface area contributed by atoms with Crippen molar-refractivity contribution in [2.75, 3.05) is 6.54 Å². The summed E-state index contributed by atoms with van der Waals surface area (Å²) in [6, 6.07) is 5.44. The number of benzene rings is 1. The number of aromatic carboxylic acids is 1. The minimum atomic E-state index is -0.855. The quantitative estimate of drug-likeness (QED) is 0.921. The van der Waals surface area contributed by atoms with E-state index in [-0.39, 0.29) is 5.60 Å². The zero-order valence-electron chi connectivity index (χ0n) is 12.1. The van der Waals surface area contributed by atoms with Crippen LogP contribution in [0.4, 0.5) is 0 Å². The first-order valence-electron chi connectivity index (χ1n) is 7.18. The Morgan fingerprint density at radius 2 is 2.15 bits per heavy atom. The molecule has 4 nitrogen and oxygen atoms in total. The Balaban J connectivity index is 1.64. The van der Waals surface area contributed by atoms with Crippen molar-refractivity contribution in [3.8, 4) is 0 Å². The molecule has 4 heteroatoms. The zero-order valence-corrected chi connectivity index (χ0v) is 12.1. The molecule has 0 aromatic heterocycles. The maximum Gasteiger partial charge on any atom is 0.335 e. The molecule has 1 atom stereocenters. The SMILES string of the molecule is CC1(C)CCC(CN2Cc3ccc(C(=O)O)cc3C2)O1. The third-order valence-electron chi connectivity index (χ3n) is 4.26. The van der Waals surface area contributed by atoms with E-state index < -0.39 is 5.97 Å². The Bertz CT molecular complexity index is 539. The highest BCUT2D eigenvalue weighted by Gasteiger charge is 2.33. The number of hydrogen-bond acceptors (Lipinski definition) is 3. The minimum absolute atomic E-state index is 0.00766. The molecule has 1 N–H and O–H groups in total. The van der Waals surface area contributed by atoms with E-state index in [0.29, 0.717) is 11.7 Å². The second-order valence-electron chi connectivity index (χ2n) is 6.50. The van der Waals surface area contributed by atoms with Gasteiger partial charge in [-0.2, -0.15) is 0 Å². The van der Waals surface area contributed by atoms with Crippen molar-refractivity contribution in [2.45, 2.75) is 51.5 Å². The number of fused-ring (bicyclic) bond motifs is 1. The second kappa shape index (κ2) is 4.86. The van der Waals surface area contributed by atoms with Crippen molar-refractivity contribution in [3.05, 3.63) is 34.9 Å². The van der Waals surface area contributed by atoms with Gasteiger partial charge >= 0.3 is 5.97 Å². The van der Waals surface area contributed by atoms with Crippen molar-refractivity contribution in [1.82, 2.24) is 4.90 Å². The van der Waals surface area contributed by atoms with Gasteiger partial charge in [0.25, 0.3) is 0 Å². The van der Waals surface area contributed by atoms with Gasteiger partial charge in [0.15, 0.2) is 0 Å². The molecule has 0 radical (unpaired) electrons.